The molecule has 1 aliphatic rings. The van der Waals surface area contributed by atoms with Gasteiger partial charge in [0.15, 0.2) is 11.5 Å². The largest absolute Gasteiger partial charge is 0.493 e. The number of anilines is 3. The monoisotopic (exact) mass is 569 g/mol. The minimum atomic E-state index is -0.117. The molecule has 0 bridgehead atoms. The van der Waals surface area contributed by atoms with E-state index in [0.717, 1.165) is 35.2 Å². The molecule has 9 nitrogen and oxygen atoms in total. The van der Waals surface area contributed by atoms with E-state index in [1.54, 1.807) is 39.7 Å². The zero-order chi connectivity index (χ0) is 26.4. The van der Waals surface area contributed by atoms with E-state index in [-0.39, 0.29) is 17.9 Å². The maximum absolute atomic E-state index is 13.1. The van der Waals surface area contributed by atoms with E-state index >= 15 is 0 Å². The number of carbonyl (C=O) groups excluding carboxylic acids is 1. The summed E-state index contributed by atoms with van der Waals surface area (Å²) in [5, 5.41) is 6.39. The molecule has 4 rings (SSSR count). The molecule has 10 heteroatoms. The normalized spacial score (nSPS) is 16.0. The SMILES string of the molecule is COc1cc(Nc2nccc(N3CCCC(C(=O)N[C@@H](C)c4ccc(Br)cc4)C3)n2)cc(OC)c1OC. The zero-order valence-corrected chi connectivity index (χ0v) is 23.0. The summed E-state index contributed by atoms with van der Waals surface area (Å²) in [6, 6.07) is 13.4. The number of piperidine rings is 1. The number of ether oxygens (including phenoxy) is 3. The summed E-state index contributed by atoms with van der Waals surface area (Å²) >= 11 is 3.45. The minimum Gasteiger partial charge on any atom is -0.493 e. The van der Waals surface area contributed by atoms with Crippen molar-refractivity contribution < 1.29 is 19.0 Å². The lowest BCUT2D eigenvalue weighted by Gasteiger charge is -2.33. The second kappa shape index (κ2) is 12.1. The van der Waals surface area contributed by atoms with Crippen molar-refractivity contribution in [1.29, 1.82) is 0 Å². The molecule has 1 amide bonds. The van der Waals surface area contributed by atoms with E-state index in [0.29, 0.717) is 35.4 Å². The van der Waals surface area contributed by atoms with Crippen LogP contribution in [-0.4, -0.2) is 50.3 Å². The summed E-state index contributed by atoms with van der Waals surface area (Å²) in [6.07, 6.45) is 3.46. The second-order valence-corrected chi connectivity index (χ2v) is 9.76. The molecule has 196 valence electrons. The van der Waals surface area contributed by atoms with Crippen LogP contribution in [0.2, 0.25) is 0 Å². The summed E-state index contributed by atoms with van der Waals surface area (Å²) in [5.41, 5.74) is 1.77. The fourth-order valence-corrected chi connectivity index (χ4v) is 4.70. The predicted octanol–water partition coefficient (Wildman–Crippen LogP) is 5.10. The van der Waals surface area contributed by atoms with Crippen molar-refractivity contribution in [3.05, 3.63) is 58.7 Å². The molecule has 1 unspecified atom stereocenters. The fourth-order valence-electron chi connectivity index (χ4n) is 4.43. The van der Waals surface area contributed by atoms with Gasteiger partial charge in [-0.1, -0.05) is 28.1 Å². The van der Waals surface area contributed by atoms with Crippen LogP contribution in [0.25, 0.3) is 0 Å². The third kappa shape index (κ3) is 6.43. The first-order chi connectivity index (χ1) is 17.9. The highest BCUT2D eigenvalue weighted by Crippen LogP contribution is 2.40. The highest BCUT2D eigenvalue weighted by molar-refractivity contribution is 9.10. The molecule has 1 aliphatic heterocycles. The van der Waals surface area contributed by atoms with Crippen LogP contribution in [0.5, 0.6) is 17.2 Å². The van der Waals surface area contributed by atoms with Gasteiger partial charge >= 0.3 is 0 Å². The summed E-state index contributed by atoms with van der Waals surface area (Å²) in [7, 11) is 4.70. The molecule has 1 saturated heterocycles. The fraction of sp³-hybridized carbons (Fsp3) is 0.370. The van der Waals surface area contributed by atoms with Gasteiger partial charge in [0.2, 0.25) is 17.6 Å². The van der Waals surface area contributed by atoms with Gasteiger partial charge in [0.1, 0.15) is 5.82 Å². The van der Waals surface area contributed by atoms with Crippen molar-refractivity contribution in [3.8, 4) is 17.2 Å². The first-order valence-electron chi connectivity index (χ1n) is 12.1. The lowest BCUT2D eigenvalue weighted by Crippen LogP contribution is -2.44. The van der Waals surface area contributed by atoms with E-state index in [1.165, 1.54) is 0 Å². The number of halogens is 1. The number of hydrogen-bond acceptors (Lipinski definition) is 8. The van der Waals surface area contributed by atoms with E-state index < -0.39 is 0 Å². The number of hydrogen-bond donors (Lipinski definition) is 2. The number of methoxy groups -OCH3 is 3. The zero-order valence-electron chi connectivity index (χ0n) is 21.5. The second-order valence-electron chi connectivity index (χ2n) is 8.84. The van der Waals surface area contributed by atoms with Crippen molar-refractivity contribution in [2.45, 2.75) is 25.8 Å². The number of benzene rings is 2. The molecule has 0 saturated carbocycles. The Balaban J connectivity index is 1.44. The topological polar surface area (TPSA) is 97.8 Å². The number of carbonyl (C=O) groups is 1. The molecule has 0 spiro atoms. The summed E-state index contributed by atoms with van der Waals surface area (Å²) in [4.78, 5) is 24.3. The highest BCUT2D eigenvalue weighted by atomic mass is 79.9. The molecule has 1 fully saturated rings. The molecule has 1 aromatic heterocycles. The van der Waals surface area contributed by atoms with Crippen LogP contribution in [0.1, 0.15) is 31.4 Å². The Morgan fingerprint density at radius 1 is 1.08 bits per heavy atom. The molecule has 2 aromatic carbocycles. The first kappa shape index (κ1) is 26.5. The van der Waals surface area contributed by atoms with Crippen LogP contribution in [0.3, 0.4) is 0 Å². The molecule has 3 aromatic rings. The maximum atomic E-state index is 13.1. The minimum absolute atomic E-state index is 0.0601. The third-order valence-corrected chi connectivity index (χ3v) is 6.94. The number of aromatic nitrogens is 2. The van der Waals surface area contributed by atoms with Gasteiger partial charge in [-0.25, -0.2) is 4.98 Å². The van der Waals surface area contributed by atoms with Crippen molar-refractivity contribution in [1.82, 2.24) is 15.3 Å². The van der Waals surface area contributed by atoms with Gasteiger partial charge in [0.05, 0.1) is 33.3 Å². The van der Waals surface area contributed by atoms with Gasteiger partial charge in [-0.2, -0.15) is 4.98 Å². The van der Waals surface area contributed by atoms with E-state index in [1.807, 2.05) is 37.3 Å². The van der Waals surface area contributed by atoms with Crippen LogP contribution in [0.4, 0.5) is 17.5 Å². The van der Waals surface area contributed by atoms with Crippen LogP contribution in [0.15, 0.2) is 53.1 Å². The van der Waals surface area contributed by atoms with Crippen molar-refractivity contribution >= 4 is 39.3 Å². The number of nitrogens with zero attached hydrogens (tertiary/aromatic N) is 3. The van der Waals surface area contributed by atoms with Gasteiger partial charge < -0.3 is 29.7 Å². The number of nitrogens with one attached hydrogen (secondary N) is 2. The maximum Gasteiger partial charge on any atom is 0.229 e. The summed E-state index contributed by atoms with van der Waals surface area (Å²) < 4.78 is 17.3. The lowest BCUT2D eigenvalue weighted by molar-refractivity contribution is -0.125. The number of rotatable bonds is 9. The van der Waals surface area contributed by atoms with Crippen LogP contribution in [-0.2, 0) is 4.79 Å². The van der Waals surface area contributed by atoms with Gasteiger partial charge in [-0.15, -0.1) is 0 Å². The standard InChI is InChI=1S/C27H32BrN5O4/c1-17(18-7-9-20(28)10-8-18)30-26(34)19-6-5-13-33(16-19)24-11-12-29-27(32-24)31-21-14-22(35-2)25(37-4)23(15-21)36-3/h7-12,14-15,17,19H,5-6,13,16H2,1-4H3,(H,30,34)(H,29,31,32)/t17-,19?/m0/s1. The molecule has 2 heterocycles. The molecule has 0 radical (unpaired) electrons. The van der Waals surface area contributed by atoms with Crippen LogP contribution >= 0.6 is 15.9 Å². The van der Waals surface area contributed by atoms with E-state index in [9.17, 15) is 4.79 Å². The quantitative estimate of drug-likeness (QED) is 0.367. The van der Waals surface area contributed by atoms with Gasteiger partial charge in [0.25, 0.3) is 0 Å². The summed E-state index contributed by atoms with van der Waals surface area (Å²) in [5.74, 6) is 2.71. The van der Waals surface area contributed by atoms with E-state index in [2.05, 4.69) is 36.4 Å². The average Bonchev–Trinajstić information content (AvgIpc) is 2.93. The van der Waals surface area contributed by atoms with Crippen molar-refractivity contribution in [2.24, 2.45) is 5.92 Å². The lowest BCUT2D eigenvalue weighted by atomic mass is 9.96. The predicted molar refractivity (Wildman–Crippen MR) is 147 cm³/mol. The van der Waals surface area contributed by atoms with Crippen LogP contribution < -0.4 is 29.7 Å². The molecular weight excluding hydrogens is 538 g/mol. The highest BCUT2D eigenvalue weighted by Gasteiger charge is 2.28. The van der Waals surface area contributed by atoms with Gasteiger partial charge in [-0.3, -0.25) is 4.79 Å². The van der Waals surface area contributed by atoms with Crippen molar-refractivity contribution in [3.63, 3.8) is 0 Å². The van der Waals surface area contributed by atoms with Crippen LogP contribution in [0, 0.1) is 5.92 Å². The Labute approximate surface area is 225 Å². The van der Waals surface area contributed by atoms with E-state index in [4.69, 9.17) is 19.2 Å². The Morgan fingerprint density at radius 3 is 2.43 bits per heavy atom. The first-order valence-corrected chi connectivity index (χ1v) is 12.9. The van der Waals surface area contributed by atoms with Gasteiger partial charge in [0, 0.05) is 41.6 Å². The average molecular weight is 570 g/mol. The molecule has 2 atom stereocenters. The molecule has 0 aliphatic carbocycles. The Morgan fingerprint density at radius 2 is 1.78 bits per heavy atom. The third-order valence-electron chi connectivity index (χ3n) is 6.41. The van der Waals surface area contributed by atoms with Gasteiger partial charge in [-0.05, 0) is 43.5 Å². The molecule has 37 heavy (non-hydrogen) atoms. The Bertz CT molecular complexity index is 1200. The smallest absolute Gasteiger partial charge is 0.229 e. The molecular formula is C27H32BrN5O4. The Hall–Kier alpha value is -3.53. The Kier molecular flexibility index (Phi) is 8.70. The molecule has 2 N–H and O–H groups in total. The van der Waals surface area contributed by atoms with Crippen molar-refractivity contribution in [2.75, 3.05) is 44.6 Å². The summed E-state index contributed by atoms with van der Waals surface area (Å²) in [6.45, 7) is 3.43. The number of amides is 1.